The molecule has 1 aromatic heterocycles. The minimum atomic E-state index is 0.601. The second kappa shape index (κ2) is 5.62. The number of hydrogen-bond donors (Lipinski definition) is 1. The van der Waals surface area contributed by atoms with Crippen LogP contribution >= 0.6 is 0 Å². The largest absolute Gasteiger partial charge is 0.372 e. The van der Waals surface area contributed by atoms with Gasteiger partial charge in [0, 0.05) is 30.7 Å². The van der Waals surface area contributed by atoms with Crippen LogP contribution in [0.5, 0.6) is 0 Å². The highest BCUT2D eigenvalue weighted by atomic mass is 15.1. The van der Waals surface area contributed by atoms with Gasteiger partial charge in [-0.3, -0.25) is 4.98 Å². The van der Waals surface area contributed by atoms with Gasteiger partial charge < -0.3 is 10.2 Å². The Kier molecular flexibility index (Phi) is 3.51. The molecule has 0 radical (unpaired) electrons. The van der Waals surface area contributed by atoms with Crippen molar-refractivity contribution in [1.82, 2.24) is 4.98 Å². The van der Waals surface area contributed by atoms with Gasteiger partial charge in [0.25, 0.3) is 0 Å². The Morgan fingerprint density at radius 3 is 2.55 bits per heavy atom. The molecule has 0 atom stereocenters. The molecule has 0 bridgehead atoms. The minimum absolute atomic E-state index is 0.601. The number of aromatic nitrogens is 1. The number of hydrogen-bond acceptors (Lipinski definition) is 4. The van der Waals surface area contributed by atoms with Crippen LogP contribution in [0.1, 0.15) is 18.4 Å². The second-order valence-electron chi connectivity index (χ2n) is 4.90. The lowest BCUT2D eigenvalue weighted by atomic mass is 10.2. The molecule has 20 heavy (non-hydrogen) atoms. The fraction of sp³-hybridized carbons (Fsp3) is 0.250. The Bertz CT molecular complexity index is 622. The van der Waals surface area contributed by atoms with Crippen LogP contribution in [0.3, 0.4) is 0 Å². The fourth-order valence-electron chi connectivity index (χ4n) is 2.48. The van der Waals surface area contributed by atoms with E-state index in [2.05, 4.69) is 33.4 Å². The molecule has 1 aliphatic rings. The van der Waals surface area contributed by atoms with Gasteiger partial charge in [0.1, 0.15) is 6.07 Å². The lowest BCUT2D eigenvalue weighted by molar-refractivity contribution is 0.949. The number of rotatable bonds is 3. The van der Waals surface area contributed by atoms with E-state index in [1.54, 1.807) is 18.5 Å². The number of anilines is 3. The van der Waals surface area contributed by atoms with Crippen molar-refractivity contribution in [2.45, 2.75) is 12.8 Å². The van der Waals surface area contributed by atoms with Gasteiger partial charge in [-0.05, 0) is 43.2 Å². The molecular formula is C16H16N4. The molecule has 2 heterocycles. The summed E-state index contributed by atoms with van der Waals surface area (Å²) in [7, 11) is 0. The van der Waals surface area contributed by atoms with Crippen LogP contribution in [0, 0.1) is 11.3 Å². The zero-order chi connectivity index (χ0) is 13.8. The second-order valence-corrected chi connectivity index (χ2v) is 4.90. The summed E-state index contributed by atoms with van der Waals surface area (Å²) in [6, 6.07) is 12.2. The van der Waals surface area contributed by atoms with Crippen LogP contribution in [0.15, 0.2) is 42.7 Å². The molecule has 1 fully saturated rings. The van der Waals surface area contributed by atoms with Gasteiger partial charge in [-0.25, -0.2) is 0 Å². The molecule has 0 saturated carbocycles. The number of nitrogens with one attached hydrogen (secondary N) is 1. The van der Waals surface area contributed by atoms with E-state index in [9.17, 15) is 0 Å². The maximum atomic E-state index is 9.06. The third-order valence-electron chi connectivity index (χ3n) is 3.56. The summed E-state index contributed by atoms with van der Waals surface area (Å²) in [5, 5.41) is 12.3. The molecule has 1 N–H and O–H groups in total. The van der Waals surface area contributed by atoms with Crippen LogP contribution in [0.2, 0.25) is 0 Å². The smallest absolute Gasteiger partial charge is 0.101 e. The topological polar surface area (TPSA) is 52.0 Å². The van der Waals surface area contributed by atoms with E-state index in [1.165, 1.54) is 18.5 Å². The van der Waals surface area contributed by atoms with Gasteiger partial charge in [0.05, 0.1) is 17.4 Å². The summed E-state index contributed by atoms with van der Waals surface area (Å²) in [4.78, 5) is 6.45. The molecule has 0 amide bonds. The van der Waals surface area contributed by atoms with Crippen molar-refractivity contribution in [2.24, 2.45) is 0 Å². The van der Waals surface area contributed by atoms with E-state index in [0.29, 0.717) is 5.56 Å². The maximum Gasteiger partial charge on any atom is 0.101 e. The summed E-state index contributed by atoms with van der Waals surface area (Å²) >= 11 is 0. The van der Waals surface area contributed by atoms with Crippen LogP contribution in [-0.2, 0) is 0 Å². The first-order valence-corrected chi connectivity index (χ1v) is 6.83. The van der Waals surface area contributed by atoms with E-state index in [4.69, 9.17) is 5.26 Å². The third kappa shape index (κ3) is 2.57. The Balaban J connectivity index is 1.76. The highest BCUT2D eigenvalue weighted by molar-refractivity contribution is 5.67. The average Bonchev–Trinajstić information content (AvgIpc) is 3.03. The highest BCUT2D eigenvalue weighted by Gasteiger charge is 2.11. The van der Waals surface area contributed by atoms with Gasteiger partial charge >= 0.3 is 0 Å². The fourth-order valence-corrected chi connectivity index (χ4v) is 2.48. The van der Waals surface area contributed by atoms with Crippen molar-refractivity contribution in [2.75, 3.05) is 23.3 Å². The van der Waals surface area contributed by atoms with E-state index >= 15 is 0 Å². The van der Waals surface area contributed by atoms with Crippen molar-refractivity contribution in [3.63, 3.8) is 0 Å². The van der Waals surface area contributed by atoms with Crippen molar-refractivity contribution < 1.29 is 0 Å². The Hall–Kier alpha value is -2.54. The molecular weight excluding hydrogens is 248 g/mol. The van der Waals surface area contributed by atoms with E-state index in [1.807, 2.05) is 12.1 Å². The number of benzene rings is 1. The molecule has 2 aromatic rings. The molecule has 100 valence electrons. The first-order valence-electron chi connectivity index (χ1n) is 6.83. The summed E-state index contributed by atoms with van der Waals surface area (Å²) in [6.07, 6.45) is 5.86. The minimum Gasteiger partial charge on any atom is -0.372 e. The van der Waals surface area contributed by atoms with Gasteiger partial charge in [0.15, 0.2) is 0 Å². The molecule has 0 spiro atoms. The van der Waals surface area contributed by atoms with Crippen molar-refractivity contribution in [1.29, 1.82) is 5.26 Å². The van der Waals surface area contributed by atoms with Crippen molar-refractivity contribution in [3.05, 3.63) is 48.3 Å². The third-order valence-corrected chi connectivity index (χ3v) is 3.56. The van der Waals surface area contributed by atoms with Gasteiger partial charge in [-0.15, -0.1) is 0 Å². The zero-order valence-corrected chi connectivity index (χ0v) is 11.2. The van der Waals surface area contributed by atoms with E-state index < -0.39 is 0 Å². The maximum absolute atomic E-state index is 9.06. The predicted molar refractivity (Wildman–Crippen MR) is 80.1 cm³/mol. The molecule has 3 rings (SSSR count). The van der Waals surface area contributed by atoms with Crippen LogP contribution < -0.4 is 10.2 Å². The number of nitriles is 1. The first kappa shape index (κ1) is 12.5. The van der Waals surface area contributed by atoms with E-state index in [0.717, 1.165) is 24.5 Å². The predicted octanol–water partition coefficient (Wildman–Crippen LogP) is 3.30. The van der Waals surface area contributed by atoms with Gasteiger partial charge in [-0.1, -0.05) is 0 Å². The SMILES string of the molecule is N#Cc1ccncc1Nc1ccc(N2CCCC2)cc1. The molecule has 1 saturated heterocycles. The molecule has 1 aromatic carbocycles. The molecule has 0 aliphatic carbocycles. The quantitative estimate of drug-likeness (QED) is 0.924. The molecule has 4 nitrogen and oxygen atoms in total. The lowest BCUT2D eigenvalue weighted by Crippen LogP contribution is -2.17. The van der Waals surface area contributed by atoms with Crippen molar-refractivity contribution in [3.8, 4) is 6.07 Å². The van der Waals surface area contributed by atoms with Gasteiger partial charge in [0.2, 0.25) is 0 Å². The molecule has 0 unspecified atom stereocenters. The van der Waals surface area contributed by atoms with Crippen LogP contribution in [-0.4, -0.2) is 18.1 Å². The van der Waals surface area contributed by atoms with Crippen molar-refractivity contribution >= 4 is 17.1 Å². The highest BCUT2D eigenvalue weighted by Crippen LogP contribution is 2.24. The summed E-state index contributed by atoms with van der Waals surface area (Å²) < 4.78 is 0. The number of nitrogens with zero attached hydrogens (tertiary/aromatic N) is 3. The van der Waals surface area contributed by atoms with Gasteiger partial charge in [-0.2, -0.15) is 5.26 Å². The first-order chi connectivity index (χ1) is 9.86. The Labute approximate surface area is 118 Å². The Morgan fingerprint density at radius 1 is 1.10 bits per heavy atom. The molecule has 1 aliphatic heterocycles. The summed E-state index contributed by atoms with van der Waals surface area (Å²) in [5.74, 6) is 0. The normalized spacial score (nSPS) is 14.1. The zero-order valence-electron chi connectivity index (χ0n) is 11.2. The van der Waals surface area contributed by atoms with Crippen LogP contribution in [0.25, 0.3) is 0 Å². The summed E-state index contributed by atoms with van der Waals surface area (Å²) in [6.45, 7) is 2.29. The Morgan fingerprint density at radius 2 is 1.85 bits per heavy atom. The monoisotopic (exact) mass is 264 g/mol. The molecule has 4 heteroatoms. The standard InChI is InChI=1S/C16H16N4/c17-11-13-7-8-18-12-16(13)19-14-3-5-15(6-4-14)20-9-1-2-10-20/h3-8,12,19H,1-2,9-10H2. The summed E-state index contributed by atoms with van der Waals surface area (Å²) in [5.41, 5.74) is 3.57. The number of pyridine rings is 1. The van der Waals surface area contributed by atoms with E-state index in [-0.39, 0.29) is 0 Å². The lowest BCUT2D eigenvalue weighted by Gasteiger charge is -2.18. The van der Waals surface area contributed by atoms with Crippen LogP contribution in [0.4, 0.5) is 17.1 Å². The average molecular weight is 264 g/mol.